The lowest BCUT2D eigenvalue weighted by molar-refractivity contribution is -0.123. The molecule has 0 aliphatic heterocycles. The van der Waals surface area contributed by atoms with E-state index in [1.54, 1.807) is 0 Å². The molecule has 0 fully saturated rings. The van der Waals surface area contributed by atoms with Gasteiger partial charge in [-0.2, -0.15) is 0 Å². The van der Waals surface area contributed by atoms with Crippen molar-refractivity contribution in [3.63, 3.8) is 0 Å². The Balaban J connectivity index is 2.65. The number of thiocarbonyl (C=S) groups is 1. The van der Waals surface area contributed by atoms with E-state index in [1.807, 2.05) is 26.0 Å². The van der Waals surface area contributed by atoms with Crippen molar-refractivity contribution in [2.45, 2.75) is 32.7 Å². The Morgan fingerprint density at radius 1 is 1.61 bits per heavy atom. The van der Waals surface area contributed by atoms with Crippen LogP contribution >= 0.6 is 35.2 Å². The van der Waals surface area contributed by atoms with Crippen molar-refractivity contribution in [2.24, 2.45) is 11.7 Å². The molecule has 0 saturated heterocycles. The Labute approximate surface area is 122 Å². The quantitative estimate of drug-likeness (QED) is 0.793. The normalized spacial score (nSPS) is 13.9. The number of nitrogens with one attached hydrogen (secondary N) is 1. The van der Waals surface area contributed by atoms with E-state index in [0.29, 0.717) is 10.8 Å². The number of carbonyl (C=O) groups is 1. The number of rotatable bonds is 6. The fraction of sp³-hybridized carbons (Fsp3) is 0.500. The average Bonchev–Trinajstić information content (AvgIpc) is 2.72. The molecule has 1 aromatic heterocycles. The minimum Gasteiger partial charge on any atom is -0.393 e. The van der Waals surface area contributed by atoms with Gasteiger partial charge in [-0.3, -0.25) is 4.79 Å². The number of amides is 1. The Kier molecular flexibility index (Phi) is 6.05. The molecule has 3 N–H and O–H groups in total. The maximum atomic E-state index is 12.1. The number of thiophene rings is 1. The summed E-state index contributed by atoms with van der Waals surface area (Å²) < 4.78 is 0.713. The van der Waals surface area contributed by atoms with E-state index < -0.39 is 0 Å². The van der Waals surface area contributed by atoms with Crippen molar-refractivity contribution < 1.29 is 4.79 Å². The molecule has 0 radical (unpaired) electrons. The maximum Gasteiger partial charge on any atom is 0.230 e. The standard InChI is InChI=1S/C12H17ClN2OS2/c1-3-4-8(11(14)17)12(16)15-7(2)9-5-6-10(13)18-9/h5-8H,3-4H2,1-2H3,(H2,14,17)(H,15,16). The molecular formula is C12H17ClN2OS2. The summed E-state index contributed by atoms with van der Waals surface area (Å²) in [6, 6.07) is 3.65. The summed E-state index contributed by atoms with van der Waals surface area (Å²) in [5, 5.41) is 2.92. The van der Waals surface area contributed by atoms with Gasteiger partial charge < -0.3 is 11.1 Å². The van der Waals surface area contributed by atoms with E-state index in [1.165, 1.54) is 11.3 Å². The minimum atomic E-state index is -0.386. The molecule has 1 aromatic rings. The van der Waals surface area contributed by atoms with Gasteiger partial charge in [0.25, 0.3) is 0 Å². The van der Waals surface area contributed by atoms with Gasteiger partial charge in [-0.1, -0.05) is 37.2 Å². The maximum absolute atomic E-state index is 12.1. The van der Waals surface area contributed by atoms with Crippen LogP contribution in [0.3, 0.4) is 0 Å². The Bertz CT molecular complexity index is 433. The van der Waals surface area contributed by atoms with Gasteiger partial charge in [0.1, 0.15) is 0 Å². The summed E-state index contributed by atoms with van der Waals surface area (Å²) in [6.07, 6.45) is 1.55. The van der Waals surface area contributed by atoms with Gasteiger partial charge in [0.15, 0.2) is 0 Å². The third kappa shape index (κ3) is 4.23. The van der Waals surface area contributed by atoms with Crippen LogP contribution in [0.4, 0.5) is 0 Å². The molecule has 0 bridgehead atoms. The lowest BCUT2D eigenvalue weighted by Crippen LogP contribution is -2.38. The monoisotopic (exact) mass is 304 g/mol. The molecule has 0 aliphatic carbocycles. The lowest BCUT2D eigenvalue weighted by Gasteiger charge is -2.18. The van der Waals surface area contributed by atoms with Gasteiger partial charge in [-0.05, 0) is 25.5 Å². The fourth-order valence-electron chi connectivity index (χ4n) is 1.64. The fourth-order valence-corrected chi connectivity index (χ4v) is 2.93. The number of hydrogen-bond acceptors (Lipinski definition) is 3. The molecule has 3 nitrogen and oxygen atoms in total. The van der Waals surface area contributed by atoms with Crippen LogP contribution in [0, 0.1) is 5.92 Å². The number of hydrogen-bond donors (Lipinski definition) is 2. The molecule has 2 unspecified atom stereocenters. The van der Waals surface area contributed by atoms with Crippen molar-refractivity contribution in [1.29, 1.82) is 0 Å². The molecule has 0 saturated carbocycles. The zero-order valence-corrected chi connectivity index (χ0v) is 12.8. The van der Waals surface area contributed by atoms with Crippen LogP contribution in [0.15, 0.2) is 12.1 Å². The Morgan fingerprint density at radius 2 is 2.28 bits per heavy atom. The molecule has 1 rings (SSSR count). The van der Waals surface area contributed by atoms with Gasteiger partial charge in [0, 0.05) is 4.88 Å². The predicted molar refractivity (Wildman–Crippen MR) is 81.1 cm³/mol. The molecule has 100 valence electrons. The van der Waals surface area contributed by atoms with Crippen LogP contribution < -0.4 is 11.1 Å². The summed E-state index contributed by atoms with van der Waals surface area (Å²) in [4.78, 5) is 13.3. The van der Waals surface area contributed by atoms with Gasteiger partial charge in [-0.25, -0.2) is 0 Å². The number of carbonyl (C=O) groups excluding carboxylic acids is 1. The van der Waals surface area contributed by atoms with E-state index in [4.69, 9.17) is 29.6 Å². The van der Waals surface area contributed by atoms with Gasteiger partial charge in [0.05, 0.1) is 21.3 Å². The second-order valence-corrected chi connectivity index (χ2v) is 6.33. The summed E-state index contributed by atoms with van der Waals surface area (Å²) in [5.74, 6) is -0.496. The summed E-state index contributed by atoms with van der Waals surface area (Å²) in [5.41, 5.74) is 5.59. The van der Waals surface area contributed by atoms with Gasteiger partial charge >= 0.3 is 0 Å². The van der Waals surface area contributed by atoms with E-state index in [-0.39, 0.29) is 22.9 Å². The molecule has 18 heavy (non-hydrogen) atoms. The third-order valence-electron chi connectivity index (χ3n) is 2.62. The highest BCUT2D eigenvalue weighted by molar-refractivity contribution is 7.80. The van der Waals surface area contributed by atoms with E-state index in [2.05, 4.69) is 5.32 Å². The SMILES string of the molecule is CCCC(C(=O)NC(C)c1ccc(Cl)s1)C(N)=S. The van der Waals surface area contributed by atoms with Crippen LogP contribution in [0.5, 0.6) is 0 Å². The smallest absolute Gasteiger partial charge is 0.230 e. The first-order chi connectivity index (χ1) is 8.45. The van der Waals surface area contributed by atoms with E-state index in [0.717, 1.165) is 11.3 Å². The average molecular weight is 305 g/mol. The summed E-state index contributed by atoms with van der Waals surface area (Å²) >= 11 is 12.3. The van der Waals surface area contributed by atoms with Crippen molar-refractivity contribution >= 4 is 46.1 Å². The summed E-state index contributed by atoms with van der Waals surface area (Å²) in [6.45, 7) is 3.92. The highest BCUT2D eigenvalue weighted by Gasteiger charge is 2.22. The second kappa shape index (κ2) is 7.07. The molecule has 0 aliphatic rings. The highest BCUT2D eigenvalue weighted by atomic mass is 35.5. The van der Waals surface area contributed by atoms with Crippen LogP contribution in [0.1, 0.15) is 37.6 Å². The summed E-state index contributed by atoms with van der Waals surface area (Å²) in [7, 11) is 0. The molecular weight excluding hydrogens is 288 g/mol. The van der Waals surface area contributed by atoms with Crippen molar-refractivity contribution in [1.82, 2.24) is 5.32 Å². The Hall–Kier alpha value is -0.650. The number of nitrogens with two attached hydrogens (primary N) is 1. The first kappa shape index (κ1) is 15.4. The molecule has 1 heterocycles. The molecule has 2 atom stereocenters. The predicted octanol–water partition coefficient (Wildman–Crippen LogP) is 3.28. The van der Waals surface area contributed by atoms with E-state index >= 15 is 0 Å². The van der Waals surface area contributed by atoms with Crippen molar-refractivity contribution in [2.75, 3.05) is 0 Å². The zero-order valence-electron chi connectivity index (χ0n) is 10.4. The largest absolute Gasteiger partial charge is 0.393 e. The van der Waals surface area contributed by atoms with Crippen molar-refractivity contribution in [3.8, 4) is 0 Å². The zero-order chi connectivity index (χ0) is 13.7. The van der Waals surface area contributed by atoms with Crippen molar-refractivity contribution in [3.05, 3.63) is 21.3 Å². The molecule has 0 spiro atoms. The third-order valence-corrected chi connectivity index (χ3v) is 4.32. The van der Waals surface area contributed by atoms with Crippen LogP contribution in [0.25, 0.3) is 0 Å². The highest BCUT2D eigenvalue weighted by Crippen LogP contribution is 2.26. The Morgan fingerprint density at radius 3 is 2.72 bits per heavy atom. The minimum absolute atomic E-state index is 0.0799. The lowest BCUT2D eigenvalue weighted by atomic mass is 10.0. The topological polar surface area (TPSA) is 55.1 Å². The van der Waals surface area contributed by atoms with E-state index in [9.17, 15) is 4.79 Å². The van der Waals surface area contributed by atoms with Gasteiger partial charge in [-0.15, -0.1) is 11.3 Å². The molecule has 0 aromatic carbocycles. The van der Waals surface area contributed by atoms with Crippen LogP contribution in [0.2, 0.25) is 4.34 Å². The first-order valence-electron chi connectivity index (χ1n) is 5.80. The van der Waals surface area contributed by atoms with Crippen LogP contribution in [-0.4, -0.2) is 10.9 Å². The molecule has 1 amide bonds. The van der Waals surface area contributed by atoms with Crippen LogP contribution in [-0.2, 0) is 4.79 Å². The molecule has 6 heteroatoms. The second-order valence-electron chi connectivity index (χ2n) is 4.12. The number of halogens is 1. The van der Waals surface area contributed by atoms with Gasteiger partial charge in [0.2, 0.25) is 5.91 Å². The first-order valence-corrected chi connectivity index (χ1v) is 7.40.